The van der Waals surface area contributed by atoms with Gasteiger partial charge in [-0.25, -0.2) is 4.79 Å². The Hall–Kier alpha value is -1.99. The number of aldehydes is 1. The topological polar surface area (TPSA) is 93.5 Å². The Morgan fingerprint density at radius 3 is 3.06 bits per heavy atom. The van der Waals surface area contributed by atoms with Crippen molar-refractivity contribution in [2.24, 2.45) is 0 Å². The molecule has 1 aromatic heterocycles. The highest BCUT2D eigenvalue weighted by atomic mass is 16.5. The first-order valence-corrected chi connectivity index (χ1v) is 5.46. The van der Waals surface area contributed by atoms with Gasteiger partial charge in [0.05, 0.1) is 12.7 Å². The minimum Gasteiger partial charge on any atom is -0.391 e. The van der Waals surface area contributed by atoms with Crippen molar-refractivity contribution in [1.29, 1.82) is 0 Å². The second kappa shape index (κ2) is 5.56. The smallest absolute Gasteiger partial charge is 0.351 e. The molecule has 2 N–H and O–H groups in total. The fourth-order valence-electron chi connectivity index (χ4n) is 1.67. The van der Waals surface area contributed by atoms with Gasteiger partial charge in [0.15, 0.2) is 0 Å². The van der Waals surface area contributed by atoms with Crippen LogP contribution in [-0.4, -0.2) is 33.7 Å². The van der Waals surface area contributed by atoms with Gasteiger partial charge in [0.25, 0.3) is 0 Å². The molecule has 2 heterocycles. The van der Waals surface area contributed by atoms with E-state index in [1.807, 2.05) is 0 Å². The van der Waals surface area contributed by atoms with E-state index in [0.717, 1.165) is 0 Å². The number of anilines is 1. The highest BCUT2D eigenvalue weighted by Gasteiger charge is 2.25. The fraction of sp³-hybridized carbons (Fsp3) is 0.364. The summed E-state index contributed by atoms with van der Waals surface area (Å²) in [6.45, 7) is 0.221. The number of aromatic nitrogens is 2. The molecule has 1 aliphatic rings. The number of carbonyl (C=O) groups excluding carboxylic acids is 1. The maximum atomic E-state index is 11.7. The largest absolute Gasteiger partial charge is 0.391 e. The lowest BCUT2D eigenvalue weighted by Crippen LogP contribution is -2.26. The number of ether oxygens (including phenoxy) is 1. The summed E-state index contributed by atoms with van der Waals surface area (Å²) in [4.78, 5) is 25.6. The van der Waals surface area contributed by atoms with E-state index in [1.54, 1.807) is 6.07 Å². The monoisotopic (exact) mass is 251 g/mol. The molecule has 7 heteroatoms. The van der Waals surface area contributed by atoms with Crippen LogP contribution in [-0.2, 0) is 9.53 Å². The van der Waals surface area contributed by atoms with E-state index >= 15 is 0 Å². The molecule has 2 rings (SSSR count). The third-order valence-electron chi connectivity index (χ3n) is 2.50. The Bertz CT molecular complexity index is 511. The van der Waals surface area contributed by atoms with E-state index in [2.05, 4.69) is 10.3 Å². The Labute approximate surface area is 103 Å². The molecule has 1 aromatic rings. The number of aliphatic hydroxyl groups excluding tert-OH is 1. The minimum atomic E-state index is -0.546. The number of hydrogen-bond donors (Lipinski definition) is 2. The van der Waals surface area contributed by atoms with Crippen LogP contribution in [0.1, 0.15) is 12.6 Å². The van der Waals surface area contributed by atoms with Gasteiger partial charge in [-0.05, 0) is 12.1 Å². The predicted molar refractivity (Wildman–Crippen MR) is 62.9 cm³/mol. The lowest BCUT2D eigenvalue weighted by Gasteiger charge is -2.12. The van der Waals surface area contributed by atoms with Crippen LogP contribution in [0.4, 0.5) is 5.82 Å². The van der Waals surface area contributed by atoms with E-state index in [4.69, 9.17) is 4.74 Å². The Morgan fingerprint density at radius 2 is 2.44 bits per heavy atom. The van der Waals surface area contributed by atoms with Crippen LogP contribution >= 0.6 is 0 Å². The van der Waals surface area contributed by atoms with Crippen molar-refractivity contribution >= 4 is 12.1 Å². The molecule has 1 saturated heterocycles. The molecular weight excluding hydrogens is 238 g/mol. The number of rotatable bonds is 4. The molecule has 0 aromatic carbocycles. The van der Waals surface area contributed by atoms with Crippen LogP contribution in [0.25, 0.3) is 0 Å². The molecule has 0 unspecified atom stereocenters. The molecule has 2 atom stereocenters. The zero-order chi connectivity index (χ0) is 13.0. The molecule has 1 fully saturated rings. The molecule has 0 aliphatic carbocycles. The first kappa shape index (κ1) is 12.5. The van der Waals surface area contributed by atoms with Crippen molar-refractivity contribution in [3.63, 3.8) is 0 Å². The Morgan fingerprint density at radius 1 is 1.61 bits per heavy atom. The van der Waals surface area contributed by atoms with E-state index in [9.17, 15) is 14.7 Å². The fourth-order valence-corrected chi connectivity index (χ4v) is 1.67. The first-order chi connectivity index (χ1) is 8.70. The third kappa shape index (κ3) is 2.82. The molecule has 0 amide bonds. The summed E-state index contributed by atoms with van der Waals surface area (Å²) in [5.41, 5.74) is -0.474. The molecule has 96 valence electrons. The number of hydrogen-bond acceptors (Lipinski definition) is 6. The maximum absolute atomic E-state index is 11.7. The lowest BCUT2D eigenvalue weighted by atomic mass is 10.3. The van der Waals surface area contributed by atoms with Gasteiger partial charge in [-0.15, -0.1) is 0 Å². The van der Waals surface area contributed by atoms with Crippen LogP contribution in [0.3, 0.4) is 0 Å². The molecule has 1 aliphatic heterocycles. The van der Waals surface area contributed by atoms with E-state index < -0.39 is 18.0 Å². The van der Waals surface area contributed by atoms with Gasteiger partial charge in [0.1, 0.15) is 18.3 Å². The summed E-state index contributed by atoms with van der Waals surface area (Å²) in [6, 6.07) is 1.59. The van der Waals surface area contributed by atoms with Gasteiger partial charge in [-0.1, -0.05) is 0 Å². The molecule has 0 bridgehead atoms. The molecule has 0 radical (unpaired) electrons. The van der Waals surface area contributed by atoms with Crippen molar-refractivity contribution < 1.29 is 14.6 Å². The number of nitrogens with one attached hydrogen (secondary N) is 1. The summed E-state index contributed by atoms with van der Waals surface area (Å²) in [5.74, 6) is 0.341. The number of nitrogens with zero attached hydrogens (tertiary/aromatic N) is 2. The highest BCUT2D eigenvalue weighted by Crippen LogP contribution is 2.21. The quantitative estimate of drug-likeness (QED) is 0.561. The normalized spacial score (nSPS) is 23.4. The maximum Gasteiger partial charge on any atom is 0.351 e. The van der Waals surface area contributed by atoms with Crippen LogP contribution in [0.2, 0.25) is 0 Å². The second-order valence-corrected chi connectivity index (χ2v) is 3.82. The highest BCUT2D eigenvalue weighted by molar-refractivity contribution is 5.65. The molecule has 0 saturated carbocycles. The Kier molecular flexibility index (Phi) is 3.85. The van der Waals surface area contributed by atoms with Gasteiger partial charge in [0.2, 0.25) is 0 Å². The number of carbonyl (C=O) groups is 1. The molecule has 0 spiro atoms. The number of aliphatic hydroxyl groups is 1. The average Bonchev–Trinajstić information content (AvgIpc) is 2.76. The standard InChI is InChI=1S/C11H13N3O4/c15-5-1-3-12-9-2-4-14(11(17)13-9)10-6-8(16)7-18-10/h1-5,8,10,16H,6-7H2,(H,12,13,17)/b3-1+/t8-,10+/m0/s1. The Balaban J connectivity index is 2.12. The van der Waals surface area contributed by atoms with Crippen LogP contribution in [0, 0.1) is 0 Å². The lowest BCUT2D eigenvalue weighted by molar-refractivity contribution is -0.104. The van der Waals surface area contributed by atoms with Crippen molar-refractivity contribution in [3.05, 3.63) is 35.0 Å². The predicted octanol–water partition coefficient (Wildman–Crippen LogP) is -0.352. The molecule has 7 nitrogen and oxygen atoms in total. The summed E-state index contributed by atoms with van der Waals surface area (Å²) in [5, 5.41) is 12.0. The molecular formula is C11H13N3O4. The zero-order valence-electron chi connectivity index (χ0n) is 9.52. The summed E-state index contributed by atoms with van der Waals surface area (Å²) >= 11 is 0. The second-order valence-electron chi connectivity index (χ2n) is 3.82. The summed E-state index contributed by atoms with van der Waals surface area (Å²) in [6.07, 6.45) is 4.14. The van der Waals surface area contributed by atoms with E-state index in [0.29, 0.717) is 18.5 Å². The van der Waals surface area contributed by atoms with Gasteiger partial charge >= 0.3 is 5.69 Å². The molecule has 18 heavy (non-hydrogen) atoms. The summed E-state index contributed by atoms with van der Waals surface area (Å²) < 4.78 is 6.59. The van der Waals surface area contributed by atoms with Gasteiger partial charge in [0, 0.05) is 18.8 Å². The van der Waals surface area contributed by atoms with Crippen molar-refractivity contribution in [2.75, 3.05) is 11.9 Å². The van der Waals surface area contributed by atoms with Crippen molar-refractivity contribution in [1.82, 2.24) is 9.55 Å². The van der Waals surface area contributed by atoms with Crippen LogP contribution in [0.5, 0.6) is 0 Å². The van der Waals surface area contributed by atoms with Gasteiger partial charge < -0.3 is 15.2 Å². The van der Waals surface area contributed by atoms with Gasteiger partial charge in [-0.3, -0.25) is 9.36 Å². The summed E-state index contributed by atoms with van der Waals surface area (Å²) in [7, 11) is 0. The number of allylic oxidation sites excluding steroid dienone is 1. The average molecular weight is 251 g/mol. The van der Waals surface area contributed by atoms with Crippen LogP contribution in [0.15, 0.2) is 29.3 Å². The SMILES string of the molecule is O=C/C=C/Nc1ccn([C@H]2C[C@H](O)CO2)c(=O)n1. The van der Waals surface area contributed by atoms with E-state index in [1.165, 1.54) is 23.0 Å². The van der Waals surface area contributed by atoms with Crippen molar-refractivity contribution in [3.8, 4) is 0 Å². The zero-order valence-corrected chi connectivity index (χ0v) is 9.52. The third-order valence-corrected chi connectivity index (χ3v) is 2.50. The van der Waals surface area contributed by atoms with Crippen molar-refractivity contribution in [2.45, 2.75) is 18.8 Å². The van der Waals surface area contributed by atoms with E-state index in [-0.39, 0.29) is 6.61 Å². The van der Waals surface area contributed by atoms with Gasteiger partial charge in [-0.2, -0.15) is 4.98 Å². The minimum absolute atomic E-state index is 0.221. The first-order valence-electron chi connectivity index (χ1n) is 5.46. The van der Waals surface area contributed by atoms with Crippen LogP contribution < -0.4 is 11.0 Å².